The molecule has 0 atom stereocenters. The van der Waals surface area contributed by atoms with Gasteiger partial charge in [0.05, 0.1) is 21.5 Å². The quantitative estimate of drug-likeness (QED) is 0.172. The van der Waals surface area contributed by atoms with Gasteiger partial charge in [-0.05, 0) is 104 Å². The molecule has 0 N–H and O–H groups in total. The molecule has 1 nitrogen and oxygen atoms in total. The minimum Gasteiger partial charge on any atom is -0.308 e. The number of benzene rings is 9. The van der Waals surface area contributed by atoms with Crippen LogP contribution in [-0.4, -0.2) is 0 Å². The summed E-state index contributed by atoms with van der Waals surface area (Å²) in [6.45, 7) is 2.45. The predicted molar refractivity (Wildman–Crippen MR) is 248 cm³/mol. The molecule has 2 heteroatoms. The van der Waals surface area contributed by atoms with E-state index in [1.807, 2.05) is 11.3 Å². The first-order valence-corrected chi connectivity index (χ1v) is 21.4. The molecule has 276 valence electrons. The van der Waals surface area contributed by atoms with Crippen LogP contribution in [-0.2, 0) is 10.8 Å². The highest BCUT2D eigenvalue weighted by Crippen LogP contribution is 2.65. The average Bonchev–Trinajstić information content (AvgIpc) is 4.01. The maximum Gasteiger partial charge on any atom is 0.0726 e. The topological polar surface area (TPSA) is 3.24 Å². The smallest absolute Gasteiger partial charge is 0.0726 e. The zero-order chi connectivity index (χ0) is 38.9. The van der Waals surface area contributed by atoms with E-state index >= 15 is 0 Å². The minimum atomic E-state index is -0.424. The molecule has 59 heavy (non-hydrogen) atoms. The maximum absolute atomic E-state index is 2.56. The van der Waals surface area contributed by atoms with E-state index in [1.165, 1.54) is 104 Å². The molecular formula is C57H37NS. The Morgan fingerprint density at radius 3 is 1.51 bits per heavy atom. The second-order valence-corrected chi connectivity index (χ2v) is 17.5. The molecule has 0 saturated heterocycles. The summed E-state index contributed by atoms with van der Waals surface area (Å²) in [5.41, 5.74) is 20.1. The molecule has 10 aromatic rings. The number of para-hydroxylation sites is 1. The number of fused-ring (bicyclic) bond motifs is 16. The number of hydrogen-bond acceptors (Lipinski definition) is 2. The van der Waals surface area contributed by atoms with Gasteiger partial charge in [-0.3, -0.25) is 0 Å². The van der Waals surface area contributed by atoms with Gasteiger partial charge in [-0.15, -0.1) is 11.3 Å². The monoisotopic (exact) mass is 767 g/mol. The molecule has 0 radical (unpaired) electrons. The number of thiophene rings is 1. The summed E-state index contributed by atoms with van der Waals surface area (Å²) in [4.78, 5) is 2.56. The molecule has 13 rings (SSSR count). The van der Waals surface area contributed by atoms with Gasteiger partial charge in [-0.1, -0.05) is 176 Å². The highest BCUT2D eigenvalue weighted by atomic mass is 32.1. The van der Waals surface area contributed by atoms with Crippen LogP contribution < -0.4 is 4.90 Å². The Hall–Kier alpha value is -7.00. The van der Waals surface area contributed by atoms with Crippen molar-refractivity contribution in [3.05, 3.63) is 245 Å². The van der Waals surface area contributed by atoms with E-state index in [4.69, 9.17) is 0 Å². The zero-order valence-electron chi connectivity index (χ0n) is 32.5. The standard InChI is InChI=1S/C57H37NS/c1-56(43-26-11-5-20-37(43)38-21-6-12-27-44(38)56)48-34-35-51(55-54(48)42-25-10-16-33-52(42)59-55)58(36-18-3-2-4-19-36)50-32-17-31-49-53(50)41-24-9-15-30-47(41)57(49)45-28-13-7-22-39(45)40-23-8-14-29-46(40)57/h2-35H,1H3. The fourth-order valence-corrected chi connectivity index (χ4v) is 12.7. The maximum atomic E-state index is 2.56. The molecule has 0 unspecified atom stereocenters. The van der Waals surface area contributed by atoms with Gasteiger partial charge in [-0.2, -0.15) is 0 Å². The molecule has 0 fully saturated rings. The third kappa shape index (κ3) is 4.14. The molecule has 0 amide bonds. The van der Waals surface area contributed by atoms with Crippen molar-refractivity contribution in [2.45, 2.75) is 17.8 Å². The Labute approximate surface area is 348 Å². The fourth-order valence-electron chi connectivity index (χ4n) is 11.4. The SMILES string of the molecule is CC1(c2ccc(N(c3ccccc3)c3cccc4c3-c3ccccc3C43c4ccccc4-c4ccccc43)c3sc4ccccc4c23)c2ccccc2-c2ccccc21. The van der Waals surface area contributed by atoms with E-state index in [1.54, 1.807) is 0 Å². The van der Waals surface area contributed by atoms with Crippen LogP contribution in [0.2, 0.25) is 0 Å². The second kappa shape index (κ2) is 12.0. The summed E-state index contributed by atoms with van der Waals surface area (Å²) in [5.74, 6) is 0. The third-order valence-corrected chi connectivity index (χ3v) is 15.0. The summed E-state index contributed by atoms with van der Waals surface area (Å²) in [6.07, 6.45) is 0. The Balaban J connectivity index is 1.13. The van der Waals surface area contributed by atoms with Gasteiger partial charge in [0, 0.05) is 32.1 Å². The van der Waals surface area contributed by atoms with Gasteiger partial charge >= 0.3 is 0 Å². The van der Waals surface area contributed by atoms with E-state index in [-0.39, 0.29) is 5.41 Å². The van der Waals surface area contributed by atoms with Gasteiger partial charge in [0.2, 0.25) is 0 Å². The summed E-state index contributed by atoms with van der Waals surface area (Å²) >= 11 is 1.92. The van der Waals surface area contributed by atoms with E-state index in [2.05, 4.69) is 218 Å². The van der Waals surface area contributed by atoms with Crippen LogP contribution in [0.5, 0.6) is 0 Å². The highest BCUT2D eigenvalue weighted by Gasteiger charge is 2.52. The molecule has 1 heterocycles. The van der Waals surface area contributed by atoms with Crippen molar-refractivity contribution >= 4 is 48.6 Å². The van der Waals surface area contributed by atoms with Crippen LogP contribution in [0.4, 0.5) is 17.1 Å². The normalized spacial score (nSPS) is 14.5. The molecule has 9 aromatic carbocycles. The first-order chi connectivity index (χ1) is 29.2. The number of hydrogen-bond donors (Lipinski definition) is 0. The predicted octanol–water partition coefficient (Wildman–Crippen LogP) is 15.2. The Morgan fingerprint density at radius 2 is 0.864 bits per heavy atom. The van der Waals surface area contributed by atoms with E-state index in [9.17, 15) is 0 Å². The lowest BCUT2D eigenvalue weighted by molar-refractivity contribution is 0.722. The van der Waals surface area contributed by atoms with Crippen molar-refractivity contribution in [1.29, 1.82) is 0 Å². The van der Waals surface area contributed by atoms with Crippen LogP contribution in [0.15, 0.2) is 206 Å². The zero-order valence-corrected chi connectivity index (χ0v) is 33.3. The van der Waals surface area contributed by atoms with Gasteiger partial charge < -0.3 is 4.90 Å². The molecule has 3 aliphatic carbocycles. The van der Waals surface area contributed by atoms with Crippen LogP contribution in [0.25, 0.3) is 53.6 Å². The fraction of sp³-hybridized carbons (Fsp3) is 0.0526. The minimum absolute atomic E-state index is 0.339. The lowest BCUT2D eigenvalue weighted by atomic mass is 9.70. The Kier molecular flexibility index (Phi) is 6.73. The lowest BCUT2D eigenvalue weighted by Crippen LogP contribution is -2.26. The summed E-state index contributed by atoms with van der Waals surface area (Å²) in [7, 11) is 0. The van der Waals surface area contributed by atoms with Crippen molar-refractivity contribution in [3.63, 3.8) is 0 Å². The number of nitrogens with zero attached hydrogens (tertiary/aromatic N) is 1. The third-order valence-electron chi connectivity index (χ3n) is 13.8. The first kappa shape index (κ1) is 33.0. The highest BCUT2D eigenvalue weighted by molar-refractivity contribution is 7.26. The average molecular weight is 768 g/mol. The van der Waals surface area contributed by atoms with Gasteiger partial charge in [0.15, 0.2) is 0 Å². The summed E-state index contributed by atoms with van der Waals surface area (Å²) in [5, 5.41) is 2.64. The van der Waals surface area contributed by atoms with Crippen LogP contribution in [0, 0.1) is 0 Å². The van der Waals surface area contributed by atoms with Crippen LogP contribution in [0.1, 0.15) is 45.9 Å². The lowest BCUT2D eigenvalue weighted by Gasteiger charge is -2.33. The summed E-state index contributed by atoms with van der Waals surface area (Å²) < 4.78 is 2.60. The van der Waals surface area contributed by atoms with Crippen LogP contribution >= 0.6 is 11.3 Å². The Morgan fingerprint density at radius 1 is 0.373 bits per heavy atom. The van der Waals surface area contributed by atoms with Crippen molar-refractivity contribution in [3.8, 4) is 33.4 Å². The molecular weight excluding hydrogens is 731 g/mol. The molecule has 0 bridgehead atoms. The molecule has 3 aliphatic rings. The van der Waals surface area contributed by atoms with Gasteiger partial charge in [-0.25, -0.2) is 0 Å². The van der Waals surface area contributed by atoms with E-state index in [0.717, 1.165) is 5.69 Å². The molecule has 0 saturated carbocycles. The van der Waals surface area contributed by atoms with Crippen molar-refractivity contribution in [2.24, 2.45) is 0 Å². The largest absolute Gasteiger partial charge is 0.308 e. The van der Waals surface area contributed by atoms with Crippen molar-refractivity contribution in [1.82, 2.24) is 0 Å². The van der Waals surface area contributed by atoms with Crippen LogP contribution in [0.3, 0.4) is 0 Å². The summed E-state index contributed by atoms with van der Waals surface area (Å²) in [6, 6.07) is 77.4. The molecule has 1 spiro atoms. The van der Waals surface area contributed by atoms with E-state index < -0.39 is 5.41 Å². The molecule has 0 aliphatic heterocycles. The van der Waals surface area contributed by atoms with Crippen molar-refractivity contribution < 1.29 is 0 Å². The van der Waals surface area contributed by atoms with E-state index in [0.29, 0.717) is 0 Å². The Bertz CT molecular complexity index is 3280. The number of rotatable bonds is 4. The van der Waals surface area contributed by atoms with Gasteiger partial charge in [0.1, 0.15) is 0 Å². The van der Waals surface area contributed by atoms with Gasteiger partial charge in [0.25, 0.3) is 0 Å². The number of anilines is 3. The first-order valence-electron chi connectivity index (χ1n) is 20.6. The second-order valence-electron chi connectivity index (χ2n) is 16.4. The molecule has 1 aromatic heterocycles. The van der Waals surface area contributed by atoms with Crippen molar-refractivity contribution in [2.75, 3.05) is 4.90 Å².